The van der Waals surface area contributed by atoms with E-state index < -0.39 is 5.91 Å². The number of rotatable bonds is 7. The number of amides is 2. The Morgan fingerprint density at radius 2 is 1.64 bits per heavy atom. The standard InChI is InChI=1S/C18H19ClN2O3S/c1-13-2-8-16(9-3-13)24-10-17(22)20-21-18(23)12-25-11-14-4-6-15(19)7-5-14/h2-9H,10-12H2,1H3,(H,20,22)(H,21,23). The number of hydrogen-bond donors (Lipinski definition) is 2. The molecule has 0 spiro atoms. The van der Waals surface area contributed by atoms with E-state index in [1.807, 2.05) is 43.3 Å². The number of nitrogens with one attached hydrogen (secondary N) is 2. The molecule has 2 aromatic rings. The number of carbonyl (C=O) groups excluding carboxylic acids is 2. The van der Waals surface area contributed by atoms with Crippen LogP contribution in [0.3, 0.4) is 0 Å². The molecule has 0 unspecified atom stereocenters. The summed E-state index contributed by atoms with van der Waals surface area (Å²) in [5.74, 6) is 0.835. The molecule has 0 radical (unpaired) electrons. The number of aryl methyl sites for hydroxylation is 1. The summed E-state index contributed by atoms with van der Waals surface area (Å²) >= 11 is 7.26. The van der Waals surface area contributed by atoms with Gasteiger partial charge in [-0.2, -0.15) is 0 Å². The molecule has 25 heavy (non-hydrogen) atoms. The molecule has 2 aromatic carbocycles. The Bertz CT molecular complexity index is 705. The molecule has 2 amide bonds. The number of hydrogen-bond acceptors (Lipinski definition) is 4. The summed E-state index contributed by atoms with van der Waals surface area (Å²) in [7, 11) is 0. The van der Waals surface area contributed by atoms with E-state index >= 15 is 0 Å². The molecule has 0 bridgehead atoms. The summed E-state index contributed by atoms with van der Waals surface area (Å²) in [6, 6.07) is 14.8. The van der Waals surface area contributed by atoms with E-state index in [0.717, 1.165) is 11.1 Å². The minimum atomic E-state index is -0.420. The van der Waals surface area contributed by atoms with Crippen LogP contribution in [-0.4, -0.2) is 24.2 Å². The van der Waals surface area contributed by atoms with Crippen LogP contribution in [0.4, 0.5) is 0 Å². The highest BCUT2D eigenvalue weighted by molar-refractivity contribution is 7.99. The molecule has 0 saturated carbocycles. The molecule has 132 valence electrons. The van der Waals surface area contributed by atoms with Crippen LogP contribution in [0.2, 0.25) is 5.02 Å². The molecule has 2 rings (SSSR count). The summed E-state index contributed by atoms with van der Waals surface area (Å²) in [6.45, 7) is 1.80. The molecule has 0 aliphatic heterocycles. The van der Waals surface area contributed by atoms with Gasteiger partial charge >= 0.3 is 0 Å². The average Bonchev–Trinajstić information content (AvgIpc) is 2.61. The number of benzene rings is 2. The zero-order valence-electron chi connectivity index (χ0n) is 13.8. The average molecular weight is 379 g/mol. The minimum absolute atomic E-state index is 0.165. The third kappa shape index (κ3) is 7.49. The maximum Gasteiger partial charge on any atom is 0.276 e. The van der Waals surface area contributed by atoms with Gasteiger partial charge in [0, 0.05) is 10.8 Å². The molecular weight excluding hydrogens is 360 g/mol. The van der Waals surface area contributed by atoms with Crippen LogP contribution in [-0.2, 0) is 15.3 Å². The molecule has 0 saturated heterocycles. The highest BCUT2D eigenvalue weighted by Gasteiger charge is 2.06. The summed E-state index contributed by atoms with van der Waals surface area (Å²) in [5, 5.41) is 0.682. The Labute approximate surface area is 156 Å². The highest BCUT2D eigenvalue weighted by Crippen LogP contribution is 2.15. The number of thioether (sulfide) groups is 1. The molecule has 0 fully saturated rings. The lowest BCUT2D eigenvalue weighted by molar-refractivity contribution is -0.128. The first kappa shape index (κ1) is 19.1. The fourth-order valence-electron chi connectivity index (χ4n) is 1.84. The molecule has 0 heterocycles. The van der Waals surface area contributed by atoms with Gasteiger partial charge in [-0.1, -0.05) is 41.4 Å². The van der Waals surface area contributed by atoms with Gasteiger partial charge in [-0.25, -0.2) is 0 Å². The first-order valence-corrected chi connectivity index (χ1v) is 9.15. The quantitative estimate of drug-likeness (QED) is 0.726. The van der Waals surface area contributed by atoms with E-state index in [4.69, 9.17) is 16.3 Å². The van der Waals surface area contributed by atoms with Crippen LogP contribution in [0.5, 0.6) is 5.75 Å². The van der Waals surface area contributed by atoms with Crippen molar-refractivity contribution in [2.24, 2.45) is 0 Å². The third-order valence-corrected chi connectivity index (χ3v) is 4.40. The van der Waals surface area contributed by atoms with Crippen LogP contribution in [0.1, 0.15) is 11.1 Å². The van der Waals surface area contributed by atoms with E-state index in [2.05, 4.69) is 10.9 Å². The van der Waals surface area contributed by atoms with E-state index in [1.165, 1.54) is 11.8 Å². The van der Waals surface area contributed by atoms with Crippen molar-refractivity contribution in [2.75, 3.05) is 12.4 Å². The Kier molecular flexibility index (Phi) is 7.63. The number of hydrazine groups is 1. The molecule has 0 aliphatic carbocycles. The van der Waals surface area contributed by atoms with Crippen molar-refractivity contribution in [1.82, 2.24) is 10.9 Å². The van der Waals surface area contributed by atoms with Crippen molar-refractivity contribution in [2.45, 2.75) is 12.7 Å². The van der Waals surface area contributed by atoms with Crippen LogP contribution in [0, 0.1) is 6.92 Å². The lowest BCUT2D eigenvalue weighted by Gasteiger charge is -2.09. The van der Waals surface area contributed by atoms with Crippen LogP contribution in [0.25, 0.3) is 0 Å². The van der Waals surface area contributed by atoms with Gasteiger partial charge in [-0.15, -0.1) is 11.8 Å². The van der Waals surface area contributed by atoms with Crippen molar-refractivity contribution < 1.29 is 14.3 Å². The maximum absolute atomic E-state index is 11.7. The van der Waals surface area contributed by atoms with Crippen LogP contribution >= 0.6 is 23.4 Å². The van der Waals surface area contributed by atoms with Gasteiger partial charge in [-0.05, 0) is 36.8 Å². The summed E-state index contributed by atoms with van der Waals surface area (Å²) in [5.41, 5.74) is 6.88. The van der Waals surface area contributed by atoms with Crippen LogP contribution in [0.15, 0.2) is 48.5 Å². The van der Waals surface area contributed by atoms with Crippen molar-refractivity contribution in [1.29, 1.82) is 0 Å². The molecule has 0 atom stereocenters. The molecule has 7 heteroatoms. The predicted octanol–water partition coefficient (Wildman–Crippen LogP) is 3.11. The van der Waals surface area contributed by atoms with Gasteiger partial charge < -0.3 is 4.74 Å². The second-order valence-corrected chi connectivity index (χ2v) is 6.74. The van der Waals surface area contributed by atoms with E-state index in [1.54, 1.807) is 12.1 Å². The van der Waals surface area contributed by atoms with Gasteiger partial charge in [0.25, 0.3) is 5.91 Å². The lowest BCUT2D eigenvalue weighted by atomic mass is 10.2. The number of halogens is 1. The fraction of sp³-hybridized carbons (Fsp3) is 0.222. The van der Waals surface area contributed by atoms with Crippen molar-refractivity contribution in [3.05, 3.63) is 64.7 Å². The van der Waals surface area contributed by atoms with Crippen molar-refractivity contribution >= 4 is 35.2 Å². The van der Waals surface area contributed by atoms with Crippen LogP contribution < -0.4 is 15.6 Å². The minimum Gasteiger partial charge on any atom is -0.484 e. The second kappa shape index (κ2) is 9.96. The van der Waals surface area contributed by atoms with Gasteiger partial charge in [0.05, 0.1) is 5.75 Å². The van der Waals surface area contributed by atoms with Gasteiger partial charge in [-0.3, -0.25) is 20.4 Å². The van der Waals surface area contributed by atoms with E-state index in [9.17, 15) is 9.59 Å². The smallest absolute Gasteiger partial charge is 0.276 e. The fourth-order valence-corrected chi connectivity index (χ4v) is 2.75. The Morgan fingerprint density at radius 3 is 2.32 bits per heavy atom. The molecule has 0 aromatic heterocycles. The number of ether oxygens (including phenoxy) is 1. The third-order valence-electron chi connectivity index (χ3n) is 3.15. The SMILES string of the molecule is Cc1ccc(OCC(=O)NNC(=O)CSCc2ccc(Cl)cc2)cc1. The first-order chi connectivity index (χ1) is 12.0. The summed E-state index contributed by atoms with van der Waals surface area (Å²) in [4.78, 5) is 23.3. The van der Waals surface area contributed by atoms with Gasteiger partial charge in [0.15, 0.2) is 6.61 Å². The van der Waals surface area contributed by atoms with E-state index in [-0.39, 0.29) is 18.3 Å². The largest absolute Gasteiger partial charge is 0.484 e. The second-order valence-electron chi connectivity index (χ2n) is 5.32. The molecule has 0 aliphatic rings. The van der Waals surface area contributed by atoms with E-state index in [0.29, 0.717) is 16.5 Å². The van der Waals surface area contributed by atoms with Crippen molar-refractivity contribution in [3.8, 4) is 5.75 Å². The zero-order valence-corrected chi connectivity index (χ0v) is 15.3. The molecule has 5 nitrogen and oxygen atoms in total. The molecular formula is C18H19ClN2O3S. The van der Waals surface area contributed by atoms with Gasteiger partial charge in [0.2, 0.25) is 5.91 Å². The number of carbonyl (C=O) groups is 2. The predicted molar refractivity (Wildman–Crippen MR) is 101 cm³/mol. The molecule has 2 N–H and O–H groups in total. The Morgan fingerprint density at radius 1 is 1.00 bits per heavy atom. The maximum atomic E-state index is 11.7. The zero-order chi connectivity index (χ0) is 18.1. The van der Waals surface area contributed by atoms with Gasteiger partial charge in [0.1, 0.15) is 5.75 Å². The lowest BCUT2D eigenvalue weighted by Crippen LogP contribution is -2.44. The monoisotopic (exact) mass is 378 g/mol. The highest BCUT2D eigenvalue weighted by atomic mass is 35.5. The normalized spacial score (nSPS) is 10.2. The first-order valence-electron chi connectivity index (χ1n) is 7.62. The Balaban J connectivity index is 1.59. The van der Waals surface area contributed by atoms with Crippen molar-refractivity contribution in [3.63, 3.8) is 0 Å². The summed E-state index contributed by atoms with van der Waals surface area (Å²) in [6.07, 6.45) is 0. The Hall–Kier alpha value is -2.18. The topological polar surface area (TPSA) is 67.4 Å². The summed E-state index contributed by atoms with van der Waals surface area (Å²) < 4.78 is 5.32.